The van der Waals surface area contributed by atoms with E-state index in [-0.39, 0.29) is 5.56 Å². The van der Waals surface area contributed by atoms with Gasteiger partial charge in [-0.05, 0) is 20.6 Å². The third-order valence-electron chi connectivity index (χ3n) is 1.84. The van der Waals surface area contributed by atoms with Crippen LogP contribution in [-0.4, -0.2) is 24.0 Å². The van der Waals surface area contributed by atoms with Crippen LogP contribution in [0.5, 0.6) is 0 Å². The predicted molar refractivity (Wildman–Crippen MR) is 62.0 cm³/mol. The molecular weight excluding hydrogens is 170 g/mol. The molecule has 1 aromatic rings. The lowest BCUT2D eigenvalue weighted by Gasteiger charge is -2.35. The number of benzene rings is 1. The Morgan fingerprint density at radius 1 is 1.07 bits per heavy atom. The van der Waals surface area contributed by atoms with Crippen LogP contribution in [0.2, 0.25) is 0 Å². The Bertz CT molecular complexity index is 633. The first-order chi connectivity index (χ1) is 12.6. The molecule has 0 bridgehead atoms. The highest BCUT2D eigenvalue weighted by Gasteiger charge is 2.20. The lowest BCUT2D eigenvalue weighted by Crippen LogP contribution is -2.46. The van der Waals surface area contributed by atoms with Gasteiger partial charge >= 0.3 is 0 Å². The van der Waals surface area contributed by atoms with E-state index in [0.717, 1.165) is 0 Å². The molecule has 0 aromatic heterocycles. The van der Waals surface area contributed by atoms with Gasteiger partial charge in [-0.3, -0.25) is 0 Å². The molecule has 78 valence electrons. The van der Waals surface area contributed by atoms with Gasteiger partial charge in [0, 0.05) is 17.9 Å². The number of hydrogen-bond acceptors (Lipinski definition) is 0. The summed E-state index contributed by atoms with van der Waals surface area (Å²) in [6, 6.07) is 6.88. The summed E-state index contributed by atoms with van der Waals surface area (Å²) in [4.78, 5) is 0. The molecule has 0 saturated carbocycles. The van der Waals surface area contributed by atoms with E-state index in [1.807, 2.05) is 0 Å². The third-order valence-corrected chi connectivity index (χ3v) is 1.84. The van der Waals surface area contributed by atoms with E-state index < -0.39 is 51.1 Å². The fourth-order valence-electron chi connectivity index (χ4n) is 1.06. The van der Waals surface area contributed by atoms with Gasteiger partial charge in [0.15, 0.2) is 0 Å². The first kappa shape index (κ1) is 2.46. The maximum atomic E-state index is 8.20. The summed E-state index contributed by atoms with van der Waals surface area (Å²) in [5.41, 5.74) is -0.0399. The predicted octanol–water partition coefficient (Wildman–Crippen LogP) is 3.06. The van der Waals surface area contributed by atoms with Gasteiger partial charge in [0.05, 0.1) is 27.7 Å². The van der Waals surface area contributed by atoms with Gasteiger partial charge in [-0.1, -0.05) is 30.3 Å². The Labute approximate surface area is 109 Å². The minimum atomic E-state index is -3.95. The normalized spacial score (nSPS) is 33.3. The van der Waals surface area contributed by atoms with Gasteiger partial charge in [0.2, 0.25) is 0 Å². The van der Waals surface area contributed by atoms with Gasteiger partial charge in [0.1, 0.15) is 6.54 Å². The van der Waals surface area contributed by atoms with Crippen LogP contribution in [0, 0.1) is 0 Å². The fourth-order valence-corrected chi connectivity index (χ4v) is 1.06. The van der Waals surface area contributed by atoms with Gasteiger partial charge in [0.25, 0.3) is 0 Å². The van der Waals surface area contributed by atoms with E-state index in [1.54, 1.807) is 0 Å². The Balaban J connectivity index is 4.19. The van der Waals surface area contributed by atoms with Crippen molar-refractivity contribution in [3.63, 3.8) is 0 Å². The molecule has 0 N–H and O–H groups in total. The zero-order chi connectivity index (χ0) is 23.3. The third kappa shape index (κ3) is 2.58. The van der Waals surface area contributed by atoms with E-state index in [1.165, 1.54) is 30.3 Å². The first-order valence-corrected chi connectivity index (χ1v) is 4.00. The van der Waals surface area contributed by atoms with Crippen molar-refractivity contribution >= 4 is 0 Å². The van der Waals surface area contributed by atoms with Crippen LogP contribution >= 0.6 is 0 Å². The summed E-state index contributed by atoms with van der Waals surface area (Å²) in [5.74, 6) is 0. The molecule has 0 spiro atoms. The van der Waals surface area contributed by atoms with E-state index in [9.17, 15) is 0 Å². The molecule has 0 atom stereocenters. The van der Waals surface area contributed by atoms with Gasteiger partial charge < -0.3 is 4.48 Å². The second kappa shape index (κ2) is 5.16. The SMILES string of the molecule is [2H]C([2H])([2H])C([2H])([2H])[N+](Cc1ccccc1)(C([2H])([2H])C([2H])([2H])[2H])C([2H])([2H])C([2H])([2H])[2H]. The molecule has 0 aliphatic carbocycles. The molecule has 0 aliphatic heterocycles. The monoisotopic (exact) mass is 207 g/mol. The summed E-state index contributed by atoms with van der Waals surface area (Å²) in [6.07, 6.45) is 0. The van der Waals surface area contributed by atoms with Crippen molar-refractivity contribution in [2.45, 2.75) is 27.1 Å². The van der Waals surface area contributed by atoms with Gasteiger partial charge in [-0.25, -0.2) is 0 Å². The molecule has 1 nitrogen and oxygen atoms in total. The van der Waals surface area contributed by atoms with Crippen LogP contribution in [-0.2, 0) is 6.54 Å². The summed E-state index contributed by atoms with van der Waals surface area (Å²) in [6.45, 7) is -24.3. The number of hydrogen-bond donors (Lipinski definition) is 0. The molecule has 0 radical (unpaired) electrons. The maximum absolute atomic E-state index is 8.20. The summed E-state index contributed by atoms with van der Waals surface area (Å²) < 4.78 is 115. The number of rotatable bonds is 5. The first-order valence-electron chi connectivity index (χ1n) is 11.5. The molecule has 0 saturated heterocycles. The Kier molecular flexibility index (Phi) is 0.907. The highest BCUT2D eigenvalue weighted by atomic mass is 15.3. The molecule has 1 heteroatoms. The molecule has 14 heavy (non-hydrogen) atoms. The average molecular weight is 207 g/mol. The molecule has 1 rings (SSSR count). The summed E-state index contributed by atoms with van der Waals surface area (Å²) in [7, 11) is 0. The molecule has 0 amide bonds. The van der Waals surface area contributed by atoms with Crippen LogP contribution in [0.3, 0.4) is 0 Å². The zero-order valence-corrected chi connectivity index (χ0v) is 7.54. The molecule has 0 aliphatic rings. The smallest absolute Gasteiger partial charge is 0.104 e. The second-order valence-corrected chi connectivity index (χ2v) is 2.79. The van der Waals surface area contributed by atoms with Crippen molar-refractivity contribution in [2.24, 2.45) is 0 Å². The molecule has 0 heterocycles. The topological polar surface area (TPSA) is 0 Å². The Morgan fingerprint density at radius 3 is 2.14 bits per heavy atom. The van der Waals surface area contributed by atoms with Gasteiger partial charge in [-0.15, -0.1) is 0 Å². The number of nitrogens with zero attached hydrogens (tertiary/aromatic N) is 1. The van der Waals surface area contributed by atoms with Crippen molar-refractivity contribution in [3.8, 4) is 0 Å². The van der Waals surface area contributed by atoms with Crippen LogP contribution in [0.15, 0.2) is 30.3 Å². The van der Waals surface area contributed by atoms with Crippen molar-refractivity contribution in [3.05, 3.63) is 35.9 Å². The van der Waals surface area contributed by atoms with Crippen molar-refractivity contribution < 1.29 is 25.0 Å². The van der Waals surface area contributed by atoms with E-state index in [2.05, 4.69) is 0 Å². The molecule has 1 aromatic carbocycles. The summed E-state index contributed by atoms with van der Waals surface area (Å²) >= 11 is 0. The Morgan fingerprint density at radius 2 is 1.64 bits per heavy atom. The molecule has 0 fully saturated rings. The van der Waals surface area contributed by atoms with E-state index in [0.29, 0.717) is 0 Å². The van der Waals surface area contributed by atoms with E-state index >= 15 is 0 Å². The van der Waals surface area contributed by atoms with Crippen molar-refractivity contribution in [1.29, 1.82) is 0 Å². The van der Waals surface area contributed by atoms with Crippen LogP contribution in [0.25, 0.3) is 0 Å². The highest BCUT2D eigenvalue weighted by molar-refractivity contribution is 5.13. The van der Waals surface area contributed by atoms with Crippen LogP contribution in [0.4, 0.5) is 0 Å². The molecule has 0 unspecified atom stereocenters. The van der Waals surface area contributed by atoms with E-state index in [4.69, 9.17) is 20.6 Å². The average Bonchev–Trinajstić information content (AvgIpc) is 2.49. The maximum Gasteiger partial charge on any atom is 0.104 e. The largest absolute Gasteiger partial charge is 0.321 e. The Hall–Kier alpha value is -0.820. The quantitative estimate of drug-likeness (QED) is 0.651. The minimum Gasteiger partial charge on any atom is -0.321 e. The standard InChI is InChI=1S/C13H22N/c1-4-14(5-2,6-3)12-13-10-8-7-9-11-13/h7-11H,4-6,12H2,1-3H3/q+1/i1D3,2D3,3D3,4D2,5D2,6D2. The highest BCUT2D eigenvalue weighted by Crippen LogP contribution is 2.13. The minimum absolute atomic E-state index is 0.0399. The zero-order valence-electron chi connectivity index (χ0n) is 22.5. The van der Waals surface area contributed by atoms with Crippen molar-refractivity contribution in [1.82, 2.24) is 0 Å². The number of quaternary nitrogens is 1. The fraction of sp³-hybridized carbons (Fsp3) is 0.538. The lowest BCUT2D eigenvalue weighted by atomic mass is 10.2. The second-order valence-electron chi connectivity index (χ2n) is 2.79. The van der Waals surface area contributed by atoms with Crippen molar-refractivity contribution in [2.75, 3.05) is 19.5 Å². The van der Waals surface area contributed by atoms with Crippen LogP contribution < -0.4 is 0 Å². The summed E-state index contributed by atoms with van der Waals surface area (Å²) in [5, 5.41) is 0. The molecular formula is C13H22N+. The lowest BCUT2D eigenvalue weighted by molar-refractivity contribution is -0.936. The van der Waals surface area contributed by atoms with Crippen LogP contribution in [0.1, 0.15) is 46.7 Å². The van der Waals surface area contributed by atoms with Gasteiger partial charge in [-0.2, -0.15) is 0 Å².